The monoisotopic (exact) mass is 374 g/mol. The largest absolute Gasteiger partial charge is 0.236 e. The number of nitrogens with zero attached hydrogens (tertiary/aromatic N) is 4. The Morgan fingerprint density at radius 1 is 0.889 bits per heavy atom. The van der Waals surface area contributed by atoms with Gasteiger partial charge in [0.25, 0.3) is 0 Å². The smallest absolute Gasteiger partial charge is 0.124 e. The van der Waals surface area contributed by atoms with Crippen LogP contribution in [0.25, 0.3) is 27.5 Å². The van der Waals surface area contributed by atoms with Crippen LogP contribution >= 0.6 is 11.3 Å². The highest BCUT2D eigenvalue weighted by molar-refractivity contribution is 7.13. The Bertz CT molecular complexity index is 1050. The Labute approximate surface area is 163 Å². The Balaban J connectivity index is 1.62. The van der Waals surface area contributed by atoms with E-state index in [1.165, 1.54) is 5.56 Å². The quantitative estimate of drug-likeness (QED) is 0.464. The SMILES string of the molecule is Cc1ccc(-c2nc(-c3ccc(-n4nncc4C(C)(C)C)cc3)cs2)cc1. The molecule has 0 aliphatic carbocycles. The molecule has 0 spiro atoms. The Morgan fingerprint density at radius 2 is 1.56 bits per heavy atom. The number of hydrogen-bond acceptors (Lipinski definition) is 4. The molecule has 2 aromatic carbocycles. The number of benzene rings is 2. The zero-order chi connectivity index (χ0) is 19.0. The van der Waals surface area contributed by atoms with Gasteiger partial charge in [-0.1, -0.05) is 67.9 Å². The second-order valence-electron chi connectivity index (χ2n) is 7.73. The first kappa shape index (κ1) is 17.6. The predicted molar refractivity (Wildman–Crippen MR) is 111 cm³/mol. The highest BCUT2D eigenvalue weighted by Gasteiger charge is 2.20. The topological polar surface area (TPSA) is 43.6 Å². The standard InChI is InChI=1S/C22H22N4S/c1-15-5-7-17(8-6-15)21-24-19(14-27-21)16-9-11-18(12-10-16)26-20(13-23-25-26)22(2,3)4/h5-14H,1-4H3. The van der Waals surface area contributed by atoms with Crippen LogP contribution in [0.1, 0.15) is 32.0 Å². The van der Waals surface area contributed by atoms with Gasteiger partial charge in [0.2, 0.25) is 0 Å². The summed E-state index contributed by atoms with van der Waals surface area (Å²) in [5, 5.41) is 11.5. The molecule has 27 heavy (non-hydrogen) atoms. The van der Waals surface area contributed by atoms with Gasteiger partial charge in [0.15, 0.2) is 0 Å². The normalized spacial score (nSPS) is 11.7. The van der Waals surface area contributed by atoms with Gasteiger partial charge in [-0.2, -0.15) is 0 Å². The Morgan fingerprint density at radius 3 is 2.22 bits per heavy atom. The summed E-state index contributed by atoms with van der Waals surface area (Å²) >= 11 is 1.67. The number of rotatable bonds is 3. The predicted octanol–water partition coefficient (Wildman–Crippen LogP) is 5.66. The molecule has 0 radical (unpaired) electrons. The third-order valence-electron chi connectivity index (χ3n) is 4.53. The molecule has 0 amide bonds. The van der Waals surface area contributed by atoms with E-state index in [1.54, 1.807) is 11.3 Å². The van der Waals surface area contributed by atoms with Crippen molar-refractivity contribution >= 4 is 11.3 Å². The fraction of sp³-hybridized carbons (Fsp3) is 0.227. The van der Waals surface area contributed by atoms with Crippen LogP contribution in [-0.4, -0.2) is 20.0 Å². The molecule has 0 aliphatic heterocycles. The van der Waals surface area contributed by atoms with Gasteiger partial charge in [0.05, 0.1) is 23.3 Å². The van der Waals surface area contributed by atoms with Crippen molar-refractivity contribution < 1.29 is 0 Å². The summed E-state index contributed by atoms with van der Waals surface area (Å²) in [5.41, 5.74) is 6.60. The maximum atomic E-state index is 4.81. The lowest BCUT2D eigenvalue weighted by atomic mass is 9.92. The van der Waals surface area contributed by atoms with Gasteiger partial charge < -0.3 is 0 Å². The molecule has 0 N–H and O–H groups in total. The van der Waals surface area contributed by atoms with E-state index in [0.29, 0.717) is 0 Å². The van der Waals surface area contributed by atoms with Crippen molar-refractivity contribution in [1.82, 2.24) is 20.0 Å². The lowest BCUT2D eigenvalue weighted by Crippen LogP contribution is -2.17. The molecule has 0 bridgehead atoms. The van der Waals surface area contributed by atoms with Crippen molar-refractivity contribution in [2.24, 2.45) is 0 Å². The molecule has 5 heteroatoms. The number of aryl methyl sites for hydroxylation is 1. The van der Waals surface area contributed by atoms with E-state index in [9.17, 15) is 0 Å². The van der Waals surface area contributed by atoms with E-state index in [1.807, 2.05) is 10.9 Å². The van der Waals surface area contributed by atoms with Crippen LogP contribution in [0.4, 0.5) is 0 Å². The molecule has 4 aromatic rings. The minimum atomic E-state index is -0.0139. The Hall–Kier alpha value is -2.79. The van der Waals surface area contributed by atoms with Gasteiger partial charge in [0, 0.05) is 21.9 Å². The van der Waals surface area contributed by atoms with Crippen molar-refractivity contribution in [2.75, 3.05) is 0 Å². The van der Waals surface area contributed by atoms with Crippen LogP contribution in [0.5, 0.6) is 0 Å². The zero-order valence-electron chi connectivity index (χ0n) is 16.0. The zero-order valence-corrected chi connectivity index (χ0v) is 16.8. The first-order chi connectivity index (χ1) is 12.9. The van der Waals surface area contributed by atoms with Gasteiger partial charge in [0.1, 0.15) is 5.01 Å². The van der Waals surface area contributed by atoms with E-state index in [2.05, 4.69) is 91.9 Å². The third kappa shape index (κ3) is 3.55. The van der Waals surface area contributed by atoms with Crippen molar-refractivity contribution in [2.45, 2.75) is 33.1 Å². The molecule has 0 atom stereocenters. The maximum absolute atomic E-state index is 4.81. The highest BCUT2D eigenvalue weighted by Crippen LogP contribution is 2.30. The molecular weight excluding hydrogens is 352 g/mol. The summed E-state index contributed by atoms with van der Waals surface area (Å²) in [6.07, 6.45) is 1.84. The third-order valence-corrected chi connectivity index (χ3v) is 5.42. The fourth-order valence-electron chi connectivity index (χ4n) is 2.95. The van der Waals surface area contributed by atoms with Crippen molar-refractivity contribution in [3.8, 4) is 27.5 Å². The van der Waals surface area contributed by atoms with Gasteiger partial charge in [-0.15, -0.1) is 16.4 Å². The van der Waals surface area contributed by atoms with Gasteiger partial charge in [-0.25, -0.2) is 9.67 Å². The second-order valence-corrected chi connectivity index (χ2v) is 8.59. The summed E-state index contributed by atoms with van der Waals surface area (Å²) in [6.45, 7) is 8.59. The summed E-state index contributed by atoms with van der Waals surface area (Å²) in [5.74, 6) is 0. The molecule has 0 saturated carbocycles. The van der Waals surface area contributed by atoms with Crippen LogP contribution in [0.3, 0.4) is 0 Å². The van der Waals surface area contributed by atoms with E-state index in [0.717, 1.165) is 33.2 Å². The molecule has 2 aromatic heterocycles. The minimum Gasteiger partial charge on any atom is -0.236 e. The first-order valence-corrected chi connectivity index (χ1v) is 9.84. The highest BCUT2D eigenvalue weighted by atomic mass is 32.1. The fourth-order valence-corrected chi connectivity index (χ4v) is 3.78. The average Bonchev–Trinajstić information content (AvgIpc) is 3.32. The van der Waals surface area contributed by atoms with E-state index in [-0.39, 0.29) is 5.41 Å². The van der Waals surface area contributed by atoms with Gasteiger partial charge >= 0.3 is 0 Å². The lowest BCUT2D eigenvalue weighted by Gasteiger charge is -2.19. The van der Waals surface area contributed by atoms with Crippen LogP contribution in [-0.2, 0) is 5.41 Å². The molecule has 4 nitrogen and oxygen atoms in total. The first-order valence-electron chi connectivity index (χ1n) is 8.96. The number of thiazole rings is 1. The molecule has 0 saturated heterocycles. The molecule has 0 aliphatic rings. The van der Waals surface area contributed by atoms with Crippen molar-refractivity contribution in [1.29, 1.82) is 0 Å². The van der Waals surface area contributed by atoms with E-state index in [4.69, 9.17) is 4.98 Å². The van der Waals surface area contributed by atoms with E-state index < -0.39 is 0 Å². The van der Waals surface area contributed by atoms with Gasteiger partial charge in [-0.3, -0.25) is 0 Å². The molecule has 4 rings (SSSR count). The van der Waals surface area contributed by atoms with Crippen LogP contribution in [0.2, 0.25) is 0 Å². The van der Waals surface area contributed by atoms with Crippen molar-refractivity contribution in [3.63, 3.8) is 0 Å². The summed E-state index contributed by atoms with van der Waals surface area (Å²) in [7, 11) is 0. The Kier molecular flexibility index (Phi) is 4.40. The lowest BCUT2D eigenvalue weighted by molar-refractivity contribution is 0.542. The number of hydrogen-bond donors (Lipinski definition) is 0. The second kappa shape index (κ2) is 6.74. The molecule has 2 heterocycles. The van der Waals surface area contributed by atoms with Crippen LogP contribution in [0.15, 0.2) is 60.1 Å². The maximum Gasteiger partial charge on any atom is 0.124 e. The van der Waals surface area contributed by atoms with Crippen LogP contribution < -0.4 is 0 Å². The average molecular weight is 375 g/mol. The van der Waals surface area contributed by atoms with Crippen LogP contribution in [0, 0.1) is 6.92 Å². The van der Waals surface area contributed by atoms with Gasteiger partial charge in [-0.05, 0) is 19.1 Å². The summed E-state index contributed by atoms with van der Waals surface area (Å²) < 4.78 is 1.91. The summed E-state index contributed by atoms with van der Waals surface area (Å²) in [6, 6.07) is 16.8. The molecule has 0 fully saturated rings. The van der Waals surface area contributed by atoms with E-state index >= 15 is 0 Å². The minimum absolute atomic E-state index is 0.0139. The summed E-state index contributed by atoms with van der Waals surface area (Å²) in [4.78, 5) is 4.81. The molecule has 136 valence electrons. The molecular formula is C22H22N4S. The molecule has 0 unspecified atom stereocenters. The van der Waals surface area contributed by atoms with Crippen molar-refractivity contribution in [3.05, 3.63) is 71.4 Å². The number of aromatic nitrogens is 4.